The maximum absolute atomic E-state index is 12.5. The molecule has 3 rings (SSSR count). The van der Waals surface area contributed by atoms with E-state index >= 15 is 0 Å². The molecule has 0 unspecified atom stereocenters. The lowest BCUT2D eigenvalue weighted by Gasteiger charge is -2.30. The number of aromatic nitrogens is 1. The van der Waals surface area contributed by atoms with E-state index in [0.717, 1.165) is 36.1 Å². The average molecular weight is 275 g/mol. The number of amides is 1. The van der Waals surface area contributed by atoms with E-state index in [1.165, 1.54) is 11.3 Å². The lowest BCUT2D eigenvalue weighted by Crippen LogP contribution is -2.37. The number of fused-ring (bicyclic) bond motifs is 1. The smallest absolute Gasteiger partial charge is 0.266 e. The van der Waals surface area contributed by atoms with Crippen molar-refractivity contribution in [1.29, 1.82) is 0 Å². The standard InChI is InChI=1S/C14H17N3OS/c1-9-4-7-17(8-5-9)14(18)12-11(15)10-3-2-6-16-13(10)19-12/h2-3,6,9H,4-5,7-8,15H2,1H3. The van der Waals surface area contributed by atoms with Crippen LogP contribution in [-0.4, -0.2) is 28.9 Å². The van der Waals surface area contributed by atoms with Gasteiger partial charge in [0.15, 0.2) is 0 Å². The molecule has 0 aliphatic carbocycles. The van der Waals surface area contributed by atoms with Crippen LogP contribution >= 0.6 is 11.3 Å². The van der Waals surface area contributed by atoms with Crippen molar-refractivity contribution in [3.63, 3.8) is 0 Å². The quantitative estimate of drug-likeness (QED) is 0.870. The number of nitrogens with two attached hydrogens (primary N) is 1. The summed E-state index contributed by atoms with van der Waals surface area (Å²) in [4.78, 5) is 20.2. The van der Waals surface area contributed by atoms with Crippen LogP contribution in [0, 0.1) is 5.92 Å². The van der Waals surface area contributed by atoms with Crippen molar-refractivity contribution in [3.05, 3.63) is 23.2 Å². The van der Waals surface area contributed by atoms with Gasteiger partial charge in [0, 0.05) is 24.7 Å². The van der Waals surface area contributed by atoms with E-state index in [1.54, 1.807) is 6.20 Å². The van der Waals surface area contributed by atoms with Crippen LogP contribution in [0.2, 0.25) is 0 Å². The summed E-state index contributed by atoms with van der Waals surface area (Å²) in [6.07, 6.45) is 3.89. The Morgan fingerprint density at radius 1 is 1.47 bits per heavy atom. The van der Waals surface area contributed by atoms with Gasteiger partial charge in [0.1, 0.15) is 9.71 Å². The third-order valence-electron chi connectivity index (χ3n) is 3.77. The monoisotopic (exact) mass is 275 g/mol. The van der Waals surface area contributed by atoms with Gasteiger partial charge in [0.05, 0.1) is 5.69 Å². The van der Waals surface area contributed by atoms with Crippen molar-refractivity contribution in [2.75, 3.05) is 18.8 Å². The van der Waals surface area contributed by atoms with Gasteiger partial charge in [-0.25, -0.2) is 4.98 Å². The normalized spacial score (nSPS) is 17.0. The second kappa shape index (κ2) is 4.81. The van der Waals surface area contributed by atoms with Crippen LogP contribution in [0.5, 0.6) is 0 Å². The van der Waals surface area contributed by atoms with Gasteiger partial charge < -0.3 is 10.6 Å². The number of nitrogen functional groups attached to an aromatic ring is 1. The van der Waals surface area contributed by atoms with Gasteiger partial charge in [-0.3, -0.25) is 4.79 Å². The fourth-order valence-corrected chi connectivity index (χ4v) is 3.50. The molecule has 1 saturated heterocycles. The van der Waals surface area contributed by atoms with Gasteiger partial charge in [-0.15, -0.1) is 11.3 Å². The summed E-state index contributed by atoms with van der Waals surface area (Å²) in [7, 11) is 0. The molecule has 1 amide bonds. The van der Waals surface area contributed by atoms with E-state index in [4.69, 9.17) is 5.73 Å². The number of pyridine rings is 1. The Morgan fingerprint density at radius 2 is 2.21 bits per heavy atom. The number of likely N-dealkylation sites (tertiary alicyclic amines) is 1. The molecule has 5 heteroatoms. The number of anilines is 1. The summed E-state index contributed by atoms with van der Waals surface area (Å²) in [6.45, 7) is 3.90. The predicted octanol–water partition coefficient (Wildman–Crippen LogP) is 2.75. The molecule has 0 spiro atoms. The molecule has 4 nitrogen and oxygen atoms in total. The summed E-state index contributed by atoms with van der Waals surface area (Å²) >= 11 is 1.40. The third-order valence-corrected chi connectivity index (χ3v) is 4.89. The number of hydrogen-bond donors (Lipinski definition) is 1. The molecule has 0 aromatic carbocycles. The molecule has 19 heavy (non-hydrogen) atoms. The molecular weight excluding hydrogens is 258 g/mol. The van der Waals surface area contributed by atoms with Crippen LogP contribution in [0.1, 0.15) is 29.4 Å². The molecular formula is C14H17N3OS. The summed E-state index contributed by atoms with van der Waals surface area (Å²) in [5.41, 5.74) is 6.68. The molecule has 1 aliphatic heterocycles. The number of thiophene rings is 1. The minimum absolute atomic E-state index is 0.0624. The van der Waals surface area contributed by atoms with Crippen molar-refractivity contribution in [2.45, 2.75) is 19.8 Å². The Morgan fingerprint density at radius 3 is 2.89 bits per heavy atom. The van der Waals surface area contributed by atoms with Crippen LogP contribution in [-0.2, 0) is 0 Å². The molecule has 100 valence electrons. The fraction of sp³-hybridized carbons (Fsp3) is 0.429. The van der Waals surface area contributed by atoms with Crippen molar-refractivity contribution in [2.24, 2.45) is 5.92 Å². The van der Waals surface area contributed by atoms with Gasteiger partial charge in [-0.05, 0) is 30.9 Å². The Labute approximate surface area is 116 Å². The zero-order chi connectivity index (χ0) is 13.4. The van der Waals surface area contributed by atoms with Crippen LogP contribution in [0.3, 0.4) is 0 Å². The second-order valence-electron chi connectivity index (χ2n) is 5.18. The summed E-state index contributed by atoms with van der Waals surface area (Å²) in [5.74, 6) is 0.776. The Hall–Kier alpha value is -1.62. The Bertz CT molecular complexity index is 614. The third kappa shape index (κ3) is 2.18. The molecule has 0 bridgehead atoms. The highest BCUT2D eigenvalue weighted by Gasteiger charge is 2.25. The van der Waals surface area contributed by atoms with Crippen molar-refractivity contribution in [3.8, 4) is 0 Å². The van der Waals surface area contributed by atoms with E-state index in [1.807, 2.05) is 17.0 Å². The molecule has 1 fully saturated rings. The van der Waals surface area contributed by atoms with Crippen LogP contribution in [0.25, 0.3) is 10.2 Å². The highest BCUT2D eigenvalue weighted by Crippen LogP contribution is 2.33. The van der Waals surface area contributed by atoms with Crippen molar-refractivity contribution < 1.29 is 4.79 Å². The number of piperidine rings is 1. The number of nitrogens with zero attached hydrogens (tertiary/aromatic N) is 2. The Kier molecular flexibility index (Phi) is 3.14. The molecule has 1 aliphatic rings. The zero-order valence-corrected chi connectivity index (χ0v) is 11.7. The summed E-state index contributed by atoms with van der Waals surface area (Å²) in [6, 6.07) is 3.77. The number of hydrogen-bond acceptors (Lipinski definition) is 4. The van der Waals surface area contributed by atoms with E-state index in [9.17, 15) is 4.79 Å². The number of carbonyl (C=O) groups excluding carboxylic acids is 1. The SMILES string of the molecule is CC1CCN(C(=O)c2sc3ncccc3c2N)CC1. The van der Waals surface area contributed by atoms with Crippen LogP contribution in [0.15, 0.2) is 18.3 Å². The molecule has 0 atom stereocenters. The van der Waals surface area contributed by atoms with Crippen molar-refractivity contribution >= 4 is 33.1 Å². The average Bonchev–Trinajstić information content (AvgIpc) is 2.77. The minimum Gasteiger partial charge on any atom is -0.397 e. The highest BCUT2D eigenvalue weighted by molar-refractivity contribution is 7.21. The topological polar surface area (TPSA) is 59.2 Å². The second-order valence-corrected chi connectivity index (χ2v) is 6.17. The molecule has 2 aromatic heterocycles. The van der Waals surface area contributed by atoms with Gasteiger partial charge in [-0.1, -0.05) is 6.92 Å². The van der Waals surface area contributed by atoms with Gasteiger partial charge >= 0.3 is 0 Å². The largest absolute Gasteiger partial charge is 0.397 e. The Balaban J connectivity index is 1.91. The van der Waals surface area contributed by atoms with E-state index < -0.39 is 0 Å². The first-order valence-corrected chi connectivity index (χ1v) is 7.40. The lowest BCUT2D eigenvalue weighted by atomic mass is 9.99. The van der Waals surface area contributed by atoms with Gasteiger partial charge in [0.2, 0.25) is 0 Å². The van der Waals surface area contributed by atoms with E-state index in [0.29, 0.717) is 16.5 Å². The van der Waals surface area contributed by atoms with E-state index in [-0.39, 0.29) is 5.91 Å². The lowest BCUT2D eigenvalue weighted by molar-refractivity contribution is 0.0703. The molecule has 0 saturated carbocycles. The zero-order valence-electron chi connectivity index (χ0n) is 10.9. The summed E-state index contributed by atoms with van der Waals surface area (Å²) < 4.78 is 0. The number of rotatable bonds is 1. The predicted molar refractivity (Wildman–Crippen MR) is 78.3 cm³/mol. The van der Waals surface area contributed by atoms with Crippen LogP contribution < -0.4 is 5.73 Å². The molecule has 2 aromatic rings. The van der Waals surface area contributed by atoms with Gasteiger partial charge in [-0.2, -0.15) is 0 Å². The van der Waals surface area contributed by atoms with Crippen LogP contribution in [0.4, 0.5) is 5.69 Å². The minimum atomic E-state index is 0.0624. The first kappa shape index (κ1) is 12.4. The molecule has 3 heterocycles. The van der Waals surface area contributed by atoms with Crippen molar-refractivity contribution in [1.82, 2.24) is 9.88 Å². The highest BCUT2D eigenvalue weighted by atomic mass is 32.1. The molecule has 0 radical (unpaired) electrons. The van der Waals surface area contributed by atoms with E-state index in [2.05, 4.69) is 11.9 Å². The first-order valence-electron chi connectivity index (χ1n) is 6.59. The maximum atomic E-state index is 12.5. The fourth-order valence-electron chi connectivity index (χ4n) is 2.47. The van der Waals surface area contributed by atoms with Gasteiger partial charge in [0.25, 0.3) is 5.91 Å². The maximum Gasteiger partial charge on any atom is 0.266 e. The number of carbonyl (C=O) groups is 1. The molecule has 2 N–H and O–H groups in total. The first-order chi connectivity index (χ1) is 9.16. The summed E-state index contributed by atoms with van der Waals surface area (Å²) in [5, 5.41) is 0.890.